The molecule has 0 unspecified atom stereocenters. The third kappa shape index (κ3) is 3.37. The van der Waals surface area contributed by atoms with Crippen LogP contribution in [0.5, 0.6) is 0 Å². The first-order valence-corrected chi connectivity index (χ1v) is 6.95. The van der Waals surface area contributed by atoms with Crippen LogP contribution < -0.4 is 5.32 Å². The highest BCUT2D eigenvalue weighted by Gasteiger charge is 2.26. The second kappa shape index (κ2) is 5.69. The zero-order chi connectivity index (χ0) is 16.6. The van der Waals surface area contributed by atoms with Crippen molar-refractivity contribution in [2.75, 3.05) is 11.9 Å². The van der Waals surface area contributed by atoms with Gasteiger partial charge < -0.3 is 9.88 Å². The Hall–Kier alpha value is -2.35. The summed E-state index contributed by atoms with van der Waals surface area (Å²) in [4.78, 5) is 11.9. The fourth-order valence-corrected chi connectivity index (χ4v) is 2.39. The van der Waals surface area contributed by atoms with Gasteiger partial charge in [-0.3, -0.25) is 0 Å². The van der Waals surface area contributed by atoms with Crippen LogP contribution in [0.2, 0.25) is 5.15 Å². The number of anilines is 1. The second-order valence-electron chi connectivity index (χ2n) is 4.91. The van der Waals surface area contributed by atoms with Gasteiger partial charge in [-0.2, -0.15) is 13.2 Å². The molecule has 0 spiro atoms. The molecule has 3 aromatic rings. The molecule has 0 aromatic carbocycles. The highest BCUT2D eigenvalue weighted by molar-refractivity contribution is 6.30. The average molecular weight is 342 g/mol. The number of aromatic nitrogens is 4. The third-order valence-corrected chi connectivity index (χ3v) is 3.50. The monoisotopic (exact) mass is 341 g/mol. The van der Waals surface area contributed by atoms with Gasteiger partial charge in [0.2, 0.25) is 0 Å². The summed E-state index contributed by atoms with van der Waals surface area (Å²) in [5.74, 6) is 0.105. The van der Waals surface area contributed by atoms with Crippen molar-refractivity contribution in [3.05, 3.63) is 35.9 Å². The maximum Gasteiger partial charge on any atom is 0.405 e. The molecule has 23 heavy (non-hydrogen) atoms. The Bertz CT molecular complexity index is 859. The summed E-state index contributed by atoms with van der Waals surface area (Å²) in [5.41, 5.74) is 2.07. The fraction of sp³-hybridized carbons (Fsp3) is 0.214. The van der Waals surface area contributed by atoms with E-state index in [9.17, 15) is 13.2 Å². The summed E-state index contributed by atoms with van der Waals surface area (Å²) >= 11 is 5.89. The zero-order valence-electron chi connectivity index (χ0n) is 11.9. The minimum absolute atomic E-state index is 0.105. The number of halogens is 4. The minimum Gasteiger partial charge on any atom is -0.361 e. The number of rotatable bonds is 3. The van der Waals surface area contributed by atoms with E-state index >= 15 is 0 Å². The van der Waals surface area contributed by atoms with Gasteiger partial charge in [0, 0.05) is 24.7 Å². The minimum atomic E-state index is -4.31. The van der Waals surface area contributed by atoms with Crippen molar-refractivity contribution in [1.82, 2.24) is 19.5 Å². The van der Waals surface area contributed by atoms with Crippen molar-refractivity contribution >= 4 is 28.3 Å². The molecule has 3 rings (SSSR count). The summed E-state index contributed by atoms with van der Waals surface area (Å²) in [6.07, 6.45) is -1.46. The SMILES string of the molecule is Cn1c(-c2cc(NCC(F)(F)F)ncn2)cc2cnc(Cl)cc21. The van der Waals surface area contributed by atoms with E-state index in [4.69, 9.17) is 11.6 Å². The molecule has 9 heteroatoms. The van der Waals surface area contributed by atoms with E-state index in [-0.39, 0.29) is 5.82 Å². The van der Waals surface area contributed by atoms with Gasteiger partial charge in [-0.1, -0.05) is 11.6 Å². The number of alkyl halides is 3. The Morgan fingerprint density at radius 3 is 2.70 bits per heavy atom. The predicted octanol–water partition coefficient (Wildman–Crippen LogP) is 3.66. The first-order valence-electron chi connectivity index (χ1n) is 6.57. The van der Waals surface area contributed by atoms with E-state index in [2.05, 4.69) is 20.3 Å². The molecular formula is C14H11ClF3N5. The lowest BCUT2D eigenvalue weighted by molar-refractivity contribution is -0.115. The average Bonchev–Trinajstić information content (AvgIpc) is 2.82. The number of fused-ring (bicyclic) bond motifs is 1. The molecule has 0 bridgehead atoms. The predicted molar refractivity (Wildman–Crippen MR) is 81.3 cm³/mol. The molecule has 5 nitrogen and oxygen atoms in total. The van der Waals surface area contributed by atoms with Crippen molar-refractivity contribution in [3.63, 3.8) is 0 Å². The fourth-order valence-electron chi connectivity index (χ4n) is 2.24. The molecule has 0 saturated carbocycles. The van der Waals surface area contributed by atoms with Gasteiger partial charge in [-0.15, -0.1) is 0 Å². The largest absolute Gasteiger partial charge is 0.405 e. The van der Waals surface area contributed by atoms with E-state index < -0.39 is 12.7 Å². The van der Waals surface area contributed by atoms with Crippen LogP contribution in [0.15, 0.2) is 30.7 Å². The maximum atomic E-state index is 12.3. The van der Waals surface area contributed by atoms with Crippen LogP contribution in [-0.4, -0.2) is 32.2 Å². The van der Waals surface area contributed by atoms with E-state index in [1.807, 2.05) is 17.7 Å². The van der Waals surface area contributed by atoms with Gasteiger partial charge in [-0.25, -0.2) is 15.0 Å². The molecule has 3 aromatic heterocycles. The molecule has 0 fully saturated rings. The third-order valence-electron chi connectivity index (χ3n) is 3.29. The first kappa shape index (κ1) is 15.5. The normalized spacial score (nSPS) is 11.9. The molecular weight excluding hydrogens is 331 g/mol. The molecule has 0 aliphatic rings. The van der Waals surface area contributed by atoms with Crippen molar-refractivity contribution in [1.29, 1.82) is 0 Å². The molecule has 1 N–H and O–H groups in total. The number of hydrogen-bond acceptors (Lipinski definition) is 4. The summed E-state index contributed by atoms with van der Waals surface area (Å²) < 4.78 is 38.7. The molecule has 0 radical (unpaired) electrons. The standard InChI is InChI=1S/C14H11ClF3N5/c1-23-10-4-12(15)19-5-8(10)2-11(23)9-3-13(22-7-21-9)20-6-14(16,17)18/h2-5,7H,6H2,1H3,(H,20,21,22). The molecule has 0 saturated heterocycles. The highest BCUT2D eigenvalue weighted by atomic mass is 35.5. The van der Waals surface area contributed by atoms with Gasteiger partial charge in [0.1, 0.15) is 23.8 Å². The van der Waals surface area contributed by atoms with Crippen molar-refractivity contribution in [2.45, 2.75) is 6.18 Å². The molecule has 3 heterocycles. The van der Waals surface area contributed by atoms with Crippen molar-refractivity contribution in [2.24, 2.45) is 7.05 Å². The van der Waals surface area contributed by atoms with Crippen molar-refractivity contribution < 1.29 is 13.2 Å². The van der Waals surface area contributed by atoms with Gasteiger partial charge in [0.25, 0.3) is 0 Å². The number of nitrogens with one attached hydrogen (secondary N) is 1. The number of aryl methyl sites for hydroxylation is 1. The Morgan fingerprint density at radius 2 is 1.96 bits per heavy atom. The lowest BCUT2D eigenvalue weighted by Crippen LogP contribution is -2.21. The van der Waals surface area contributed by atoms with Crippen LogP contribution in [0.4, 0.5) is 19.0 Å². The van der Waals surface area contributed by atoms with Gasteiger partial charge in [0.15, 0.2) is 0 Å². The smallest absolute Gasteiger partial charge is 0.361 e. The summed E-state index contributed by atoms with van der Waals surface area (Å²) in [7, 11) is 1.82. The van der Waals surface area contributed by atoms with Crippen LogP contribution in [0.1, 0.15) is 0 Å². The van der Waals surface area contributed by atoms with Gasteiger partial charge >= 0.3 is 6.18 Å². The Labute approximate surface area is 134 Å². The summed E-state index contributed by atoms with van der Waals surface area (Å²) in [5, 5.41) is 3.46. The Balaban J connectivity index is 1.97. The van der Waals surface area contributed by atoms with E-state index in [0.29, 0.717) is 10.8 Å². The highest BCUT2D eigenvalue weighted by Crippen LogP contribution is 2.27. The molecule has 0 aliphatic carbocycles. The van der Waals surface area contributed by atoms with Crippen LogP contribution in [0, 0.1) is 0 Å². The van der Waals surface area contributed by atoms with Crippen LogP contribution >= 0.6 is 11.6 Å². The van der Waals surface area contributed by atoms with Crippen LogP contribution in [-0.2, 0) is 7.05 Å². The lowest BCUT2D eigenvalue weighted by atomic mass is 10.2. The van der Waals surface area contributed by atoms with Crippen molar-refractivity contribution in [3.8, 4) is 11.4 Å². The number of nitrogens with zero attached hydrogens (tertiary/aromatic N) is 4. The maximum absolute atomic E-state index is 12.3. The molecule has 0 atom stereocenters. The molecule has 120 valence electrons. The molecule has 0 amide bonds. The lowest BCUT2D eigenvalue weighted by Gasteiger charge is -2.09. The van der Waals surface area contributed by atoms with E-state index in [1.165, 1.54) is 12.4 Å². The summed E-state index contributed by atoms with van der Waals surface area (Å²) in [6.45, 7) is -1.15. The zero-order valence-corrected chi connectivity index (χ0v) is 12.7. The van der Waals surface area contributed by atoms with Crippen LogP contribution in [0.3, 0.4) is 0 Å². The van der Waals surface area contributed by atoms with Gasteiger partial charge in [0.05, 0.1) is 16.9 Å². The number of pyridine rings is 1. The van der Waals surface area contributed by atoms with Gasteiger partial charge in [-0.05, 0) is 12.1 Å². The molecule has 0 aliphatic heterocycles. The quantitative estimate of drug-likeness (QED) is 0.739. The first-order chi connectivity index (χ1) is 10.8. The Morgan fingerprint density at radius 1 is 1.17 bits per heavy atom. The Kier molecular flexibility index (Phi) is 3.85. The summed E-state index contributed by atoms with van der Waals surface area (Å²) in [6, 6.07) is 5.02. The second-order valence-corrected chi connectivity index (χ2v) is 5.30. The van der Waals surface area contributed by atoms with Crippen LogP contribution in [0.25, 0.3) is 22.3 Å². The van der Waals surface area contributed by atoms with E-state index in [0.717, 1.165) is 16.6 Å². The number of hydrogen-bond donors (Lipinski definition) is 1. The van der Waals surface area contributed by atoms with E-state index in [1.54, 1.807) is 12.3 Å². The topological polar surface area (TPSA) is 55.6 Å².